The highest BCUT2D eigenvalue weighted by atomic mass is 35.5. The fourth-order valence-electron chi connectivity index (χ4n) is 2.00. The van der Waals surface area contributed by atoms with Crippen LogP contribution in [0.5, 0.6) is 11.5 Å². The van der Waals surface area contributed by atoms with Gasteiger partial charge in [0.2, 0.25) is 5.17 Å². The Bertz CT molecular complexity index is 969. The molecule has 0 spiro atoms. The van der Waals surface area contributed by atoms with E-state index in [2.05, 4.69) is 20.0 Å². The van der Waals surface area contributed by atoms with Gasteiger partial charge < -0.3 is 24.7 Å². The van der Waals surface area contributed by atoms with Gasteiger partial charge in [-0.15, -0.1) is 11.6 Å². The van der Waals surface area contributed by atoms with Gasteiger partial charge in [-0.05, 0) is 69.3 Å². The minimum Gasteiger partial charge on any atom is -0.497 e. The van der Waals surface area contributed by atoms with E-state index in [4.69, 9.17) is 38.4 Å². The number of methoxy groups -OCH3 is 2. The average Bonchev–Trinajstić information content (AvgIpc) is 2.88. The molecule has 2 rings (SSSR count). The van der Waals surface area contributed by atoms with Crippen LogP contribution in [0.1, 0.15) is 20.8 Å². The van der Waals surface area contributed by atoms with Crippen molar-refractivity contribution < 1.29 is 33.3 Å². The zero-order chi connectivity index (χ0) is 27.5. The molecule has 0 saturated heterocycles. The molecule has 0 amide bonds. The van der Waals surface area contributed by atoms with Gasteiger partial charge in [-0.3, -0.25) is 10.2 Å². The first-order valence-electron chi connectivity index (χ1n) is 10.6. The Hall–Kier alpha value is -3.50. The number of hydrogen-bond acceptors (Lipinski definition) is 10. The zero-order valence-corrected chi connectivity index (χ0v) is 22.3. The van der Waals surface area contributed by atoms with Crippen LogP contribution >= 0.6 is 23.2 Å². The molecule has 198 valence electrons. The van der Waals surface area contributed by atoms with E-state index in [1.165, 1.54) is 6.92 Å². The van der Waals surface area contributed by atoms with Crippen LogP contribution in [-0.2, 0) is 23.9 Å². The summed E-state index contributed by atoms with van der Waals surface area (Å²) in [6.07, 6.45) is 0. The second kappa shape index (κ2) is 18.8. The topological polar surface area (TPSA) is 139 Å². The van der Waals surface area contributed by atoms with Gasteiger partial charge >= 0.3 is 11.9 Å². The molecule has 36 heavy (non-hydrogen) atoms. The van der Waals surface area contributed by atoms with Crippen molar-refractivity contribution in [1.82, 2.24) is 0 Å². The van der Waals surface area contributed by atoms with Gasteiger partial charge in [-0.2, -0.15) is 5.10 Å². The van der Waals surface area contributed by atoms with Crippen molar-refractivity contribution in [2.24, 2.45) is 5.10 Å². The van der Waals surface area contributed by atoms with Crippen LogP contribution in [0.15, 0.2) is 53.6 Å². The second-order valence-corrected chi connectivity index (χ2v) is 7.26. The number of rotatable bonds is 9. The number of Topliss-reactive ketones (excluding diaryl/α,β-unsaturated/α-hetero) is 1. The number of halogens is 2. The van der Waals surface area contributed by atoms with Crippen molar-refractivity contribution in [3.8, 4) is 11.5 Å². The Balaban J connectivity index is 0.000000551. The molecule has 1 unspecified atom stereocenters. The van der Waals surface area contributed by atoms with Crippen molar-refractivity contribution in [2.75, 3.05) is 38.6 Å². The minimum atomic E-state index is -1.14. The lowest BCUT2D eigenvalue weighted by Gasteiger charge is -2.03. The molecule has 0 aliphatic rings. The molecule has 0 radical (unpaired) electrons. The van der Waals surface area contributed by atoms with E-state index < -0.39 is 17.3 Å². The van der Waals surface area contributed by atoms with Gasteiger partial charge in [0, 0.05) is 5.69 Å². The second-order valence-electron chi connectivity index (χ2n) is 6.46. The van der Waals surface area contributed by atoms with Gasteiger partial charge in [0.15, 0.2) is 11.2 Å². The maximum Gasteiger partial charge on any atom is 0.370 e. The lowest BCUT2D eigenvalue weighted by molar-refractivity contribution is -0.144. The number of nitrogens with one attached hydrogen (secondary N) is 1. The van der Waals surface area contributed by atoms with Crippen LogP contribution in [0.2, 0.25) is 0 Å². The van der Waals surface area contributed by atoms with Gasteiger partial charge in [-0.1, -0.05) is 11.6 Å². The van der Waals surface area contributed by atoms with Crippen molar-refractivity contribution >= 4 is 57.5 Å². The molecule has 0 aromatic heterocycles. The van der Waals surface area contributed by atoms with E-state index >= 15 is 0 Å². The van der Waals surface area contributed by atoms with E-state index in [0.717, 1.165) is 17.2 Å². The Morgan fingerprint density at radius 3 is 1.81 bits per heavy atom. The summed E-state index contributed by atoms with van der Waals surface area (Å²) in [5.74, 6) is -0.146. The number of carbonyl (C=O) groups excluding carboxylic acids is 3. The monoisotopic (exact) mass is 543 g/mol. The van der Waals surface area contributed by atoms with E-state index in [0.29, 0.717) is 5.69 Å². The minimum absolute atomic E-state index is 0.245. The van der Waals surface area contributed by atoms with Gasteiger partial charge in [0.05, 0.1) is 33.1 Å². The SMILES string of the molecule is CCOC(=O)/C(Cl)=N/Nc1ccc(OC)cc1.CCOC(=O)C(Cl)C(C)=O.COc1ccc(N)cc1. The van der Waals surface area contributed by atoms with Crippen LogP contribution in [0.4, 0.5) is 11.4 Å². The van der Waals surface area contributed by atoms with E-state index in [9.17, 15) is 14.4 Å². The highest BCUT2D eigenvalue weighted by molar-refractivity contribution is 6.82. The van der Waals surface area contributed by atoms with Crippen LogP contribution in [-0.4, -0.2) is 55.7 Å². The van der Waals surface area contributed by atoms with E-state index in [1.54, 1.807) is 64.5 Å². The molecule has 1 atom stereocenters. The molecule has 3 N–H and O–H groups in total. The van der Waals surface area contributed by atoms with Crippen molar-refractivity contribution in [3.63, 3.8) is 0 Å². The van der Waals surface area contributed by atoms with Crippen molar-refractivity contribution in [2.45, 2.75) is 26.1 Å². The third-order valence-corrected chi connectivity index (χ3v) is 4.51. The highest BCUT2D eigenvalue weighted by Gasteiger charge is 2.20. The van der Waals surface area contributed by atoms with Crippen LogP contribution in [0, 0.1) is 0 Å². The number of ether oxygens (including phenoxy) is 4. The summed E-state index contributed by atoms with van der Waals surface area (Å²) >= 11 is 10.9. The number of esters is 2. The summed E-state index contributed by atoms with van der Waals surface area (Å²) in [6.45, 7) is 5.09. The summed E-state index contributed by atoms with van der Waals surface area (Å²) in [5.41, 5.74) is 9.51. The lowest BCUT2D eigenvalue weighted by Crippen LogP contribution is -2.24. The first kappa shape index (κ1) is 32.5. The molecular formula is C24H31Cl2N3O7. The number of ketones is 1. The Morgan fingerprint density at radius 1 is 0.917 bits per heavy atom. The Kier molecular flexibility index (Phi) is 17.0. The standard InChI is InChI=1S/C11H13ClN2O3.C7H9NO.C6H9ClO3/c1-3-17-11(15)10(12)14-13-8-4-6-9(16-2)7-5-8;1-9-7-4-2-6(8)3-5-7;1-3-10-6(9)5(7)4(2)8/h4-7,13H,3H2,1-2H3;2-5H,8H2,1H3;5H,3H2,1-2H3/b14-10-;;. The predicted octanol–water partition coefficient (Wildman–Crippen LogP) is 4.25. The van der Waals surface area contributed by atoms with Crippen LogP contribution in [0.3, 0.4) is 0 Å². The van der Waals surface area contributed by atoms with Gasteiger partial charge in [-0.25, -0.2) is 9.59 Å². The van der Waals surface area contributed by atoms with Crippen LogP contribution in [0.25, 0.3) is 0 Å². The highest BCUT2D eigenvalue weighted by Crippen LogP contribution is 2.15. The number of anilines is 2. The summed E-state index contributed by atoms with van der Waals surface area (Å²) in [5, 5.41) is 2.30. The normalized spacial score (nSPS) is 10.8. The van der Waals surface area contributed by atoms with Crippen LogP contribution < -0.4 is 20.6 Å². The fraction of sp³-hybridized carbons (Fsp3) is 0.333. The molecular weight excluding hydrogens is 513 g/mol. The van der Waals surface area contributed by atoms with Gasteiger partial charge in [0.25, 0.3) is 0 Å². The lowest BCUT2D eigenvalue weighted by atomic mass is 10.3. The molecule has 2 aromatic carbocycles. The first-order chi connectivity index (χ1) is 17.1. The molecule has 0 bridgehead atoms. The summed E-state index contributed by atoms with van der Waals surface area (Å²) < 4.78 is 19.1. The number of nitrogen functional groups attached to an aromatic ring is 1. The average molecular weight is 544 g/mol. The summed E-state index contributed by atoms with van der Waals surface area (Å²) in [7, 11) is 3.21. The predicted molar refractivity (Wildman–Crippen MR) is 141 cm³/mol. The molecule has 10 nitrogen and oxygen atoms in total. The third kappa shape index (κ3) is 14.0. The third-order valence-electron chi connectivity index (χ3n) is 3.78. The van der Waals surface area contributed by atoms with Crippen molar-refractivity contribution in [3.05, 3.63) is 48.5 Å². The summed E-state index contributed by atoms with van der Waals surface area (Å²) in [6, 6.07) is 14.3. The number of hydrazone groups is 1. The smallest absolute Gasteiger partial charge is 0.370 e. The quantitative estimate of drug-likeness (QED) is 0.118. The van der Waals surface area contributed by atoms with Crippen molar-refractivity contribution in [1.29, 1.82) is 0 Å². The molecule has 0 saturated carbocycles. The zero-order valence-electron chi connectivity index (χ0n) is 20.7. The largest absolute Gasteiger partial charge is 0.497 e. The number of nitrogens with two attached hydrogens (primary N) is 1. The molecule has 12 heteroatoms. The van der Waals surface area contributed by atoms with E-state index in [-0.39, 0.29) is 24.2 Å². The maximum atomic E-state index is 11.1. The molecule has 0 fully saturated rings. The molecule has 0 aliphatic carbocycles. The molecule has 0 heterocycles. The molecule has 2 aromatic rings. The number of alkyl halides is 1. The first-order valence-corrected chi connectivity index (χ1v) is 11.4. The number of hydrogen-bond donors (Lipinski definition) is 2. The number of benzene rings is 2. The number of nitrogens with zero attached hydrogens (tertiary/aromatic N) is 1. The summed E-state index contributed by atoms with van der Waals surface area (Å²) in [4.78, 5) is 32.2. The molecule has 0 aliphatic heterocycles. The maximum absolute atomic E-state index is 11.1. The Morgan fingerprint density at radius 2 is 1.39 bits per heavy atom. The van der Waals surface area contributed by atoms with Gasteiger partial charge in [0.1, 0.15) is 11.5 Å². The van der Waals surface area contributed by atoms with E-state index in [1.807, 2.05) is 12.1 Å². The Labute approximate surface area is 220 Å². The fourth-order valence-corrected chi connectivity index (χ4v) is 2.16. The number of carbonyl (C=O) groups is 3.